The summed E-state index contributed by atoms with van der Waals surface area (Å²) in [5.41, 5.74) is 0.970. The van der Waals surface area contributed by atoms with Crippen LogP contribution >= 0.6 is 0 Å². The Morgan fingerprint density at radius 3 is 2.70 bits per heavy atom. The van der Waals surface area contributed by atoms with Crippen molar-refractivity contribution in [3.8, 4) is 17.2 Å². The molecule has 0 N–H and O–H groups in total. The highest BCUT2D eigenvalue weighted by Crippen LogP contribution is 2.38. The van der Waals surface area contributed by atoms with Crippen molar-refractivity contribution in [2.24, 2.45) is 0 Å². The zero-order chi connectivity index (χ0) is 19.4. The van der Waals surface area contributed by atoms with Gasteiger partial charge in [-0.15, -0.1) is 0 Å². The smallest absolute Gasteiger partial charge is 0.280 e. The van der Waals surface area contributed by atoms with Crippen LogP contribution in [0.15, 0.2) is 42.5 Å². The van der Waals surface area contributed by atoms with Crippen molar-refractivity contribution in [3.05, 3.63) is 63.7 Å². The molecule has 0 atom stereocenters. The van der Waals surface area contributed by atoms with Crippen LogP contribution < -0.4 is 14.2 Å². The summed E-state index contributed by atoms with van der Waals surface area (Å²) in [6.45, 7) is 0.358. The number of methoxy groups -OCH3 is 1. The maximum Gasteiger partial charge on any atom is 0.280 e. The summed E-state index contributed by atoms with van der Waals surface area (Å²) < 4.78 is 15.7. The van der Waals surface area contributed by atoms with Gasteiger partial charge in [-0.05, 0) is 18.2 Å². The van der Waals surface area contributed by atoms with Crippen LogP contribution in [0, 0.1) is 10.1 Å². The van der Waals surface area contributed by atoms with Gasteiger partial charge in [0.25, 0.3) is 5.69 Å². The molecule has 0 aromatic heterocycles. The Hall–Kier alpha value is -3.55. The van der Waals surface area contributed by atoms with Crippen molar-refractivity contribution in [2.45, 2.75) is 6.54 Å². The number of fused-ring (bicyclic) bond motifs is 1. The number of benzene rings is 2. The van der Waals surface area contributed by atoms with Gasteiger partial charge in [0.2, 0.25) is 12.7 Å². The van der Waals surface area contributed by atoms with Crippen molar-refractivity contribution in [2.75, 3.05) is 21.0 Å². The largest absolute Gasteiger partial charge is 0.496 e. The maximum absolute atomic E-state index is 12.4. The minimum atomic E-state index is -0.523. The van der Waals surface area contributed by atoms with Crippen molar-refractivity contribution in [1.82, 2.24) is 4.90 Å². The van der Waals surface area contributed by atoms with Gasteiger partial charge in [-0.25, -0.2) is 0 Å². The molecule has 1 aliphatic heterocycles. The van der Waals surface area contributed by atoms with Crippen LogP contribution in [-0.2, 0) is 11.3 Å². The molecule has 0 unspecified atom stereocenters. The predicted octanol–water partition coefficient (Wildman–Crippen LogP) is 3.00. The Morgan fingerprint density at radius 2 is 2.00 bits per heavy atom. The SMILES string of the molecule is COc1ccccc1CN(C)C(=O)/C=C/c1cc2c(cc1[N+](=O)[O-])OCO2. The Balaban J connectivity index is 1.77. The van der Waals surface area contributed by atoms with Crippen LogP contribution in [0.4, 0.5) is 5.69 Å². The quantitative estimate of drug-likeness (QED) is 0.441. The van der Waals surface area contributed by atoms with E-state index in [1.165, 1.54) is 29.2 Å². The van der Waals surface area contributed by atoms with E-state index in [9.17, 15) is 14.9 Å². The van der Waals surface area contributed by atoms with E-state index in [-0.39, 0.29) is 24.0 Å². The van der Waals surface area contributed by atoms with Crippen molar-refractivity contribution >= 4 is 17.7 Å². The molecule has 0 bridgehead atoms. The summed E-state index contributed by atoms with van der Waals surface area (Å²) in [4.78, 5) is 24.7. The summed E-state index contributed by atoms with van der Waals surface area (Å²) in [6.07, 6.45) is 2.70. The fourth-order valence-electron chi connectivity index (χ4n) is 2.69. The van der Waals surface area contributed by atoms with E-state index in [1.54, 1.807) is 14.2 Å². The number of hydrogen-bond donors (Lipinski definition) is 0. The number of likely N-dealkylation sites (N-methyl/N-ethyl adjacent to an activating group) is 1. The lowest BCUT2D eigenvalue weighted by Crippen LogP contribution is -2.24. The first-order valence-corrected chi connectivity index (χ1v) is 8.12. The number of nitro benzene ring substituents is 1. The van der Waals surface area contributed by atoms with Crippen LogP contribution in [0.2, 0.25) is 0 Å². The van der Waals surface area contributed by atoms with Crippen molar-refractivity contribution in [3.63, 3.8) is 0 Å². The minimum absolute atomic E-state index is 0.0141. The summed E-state index contributed by atoms with van der Waals surface area (Å²) in [6, 6.07) is 10.2. The molecule has 8 nitrogen and oxygen atoms in total. The minimum Gasteiger partial charge on any atom is -0.496 e. The van der Waals surface area contributed by atoms with E-state index in [0.29, 0.717) is 23.8 Å². The molecule has 1 aliphatic rings. The third-order valence-corrected chi connectivity index (χ3v) is 4.10. The Morgan fingerprint density at radius 1 is 1.30 bits per heavy atom. The zero-order valence-corrected chi connectivity index (χ0v) is 14.9. The van der Waals surface area contributed by atoms with E-state index in [4.69, 9.17) is 14.2 Å². The third-order valence-electron chi connectivity index (χ3n) is 4.10. The van der Waals surface area contributed by atoms with Gasteiger partial charge in [-0.2, -0.15) is 0 Å². The number of ether oxygens (including phenoxy) is 3. The molecular weight excluding hydrogens is 352 g/mol. The Kier molecular flexibility index (Phi) is 5.25. The molecule has 2 aromatic rings. The molecule has 0 spiro atoms. The molecule has 0 saturated heterocycles. The predicted molar refractivity (Wildman–Crippen MR) is 97.7 cm³/mol. The fourth-order valence-corrected chi connectivity index (χ4v) is 2.69. The highest BCUT2D eigenvalue weighted by Gasteiger charge is 2.22. The summed E-state index contributed by atoms with van der Waals surface area (Å²) in [5.74, 6) is 1.12. The summed E-state index contributed by atoms with van der Waals surface area (Å²) in [5, 5.41) is 11.3. The molecule has 0 aliphatic carbocycles. The van der Waals surface area contributed by atoms with E-state index in [1.807, 2.05) is 24.3 Å². The molecule has 2 aromatic carbocycles. The fraction of sp³-hybridized carbons (Fsp3) is 0.211. The number of para-hydroxylation sites is 1. The van der Waals surface area contributed by atoms with Gasteiger partial charge in [0.1, 0.15) is 5.75 Å². The first kappa shape index (κ1) is 18.2. The number of carbonyl (C=O) groups excluding carboxylic acids is 1. The molecule has 0 fully saturated rings. The second-order valence-corrected chi connectivity index (χ2v) is 5.86. The van der Waals surface area contributed by atoms with Crippen molar-refractivity contribution in [1.29, 1.82) is 0 Å². The van der Waals surface area contributed by atoms with E-state index in [2.05, 4.69) is 0 Å². The summed E-state index contributed by atoms with van der Waals surface area (Å²) in [7, 11) is 3.21. The van der Waals surface area contributed by atoms with E-state index >= 15 is 0 Å². The number of amides is 1. The van der Waals surface area contributed by atoms with Crippen LogP contribution in [0.25, 0.3) is 6.08 Å². The summed E-state index contributed by atoms with van der Waals surface area (Å²) >= 11 is 0. The maximum atomic E-state index is 12.4. The van der Waals surface area contributed by atoms with Crippen LogP contribution in [-0.4, -0.2) is 36.7 Å². The van der Waals surface area contributed by atoms with Gasteiger partial charge in [0.05, 0.1) is 23.7 Å². The van der Waals surface area contributed by atoms with E-state index < -0.39 is 4.92 Å². The first-order chi connectivity index (χ1) is 13.0. The van der Waals surface area contributed by atoms with Crippen LogP contribution in [0.1, 0.15) is 11.1 Å². The third kappa shape index (κ3) is 4.00. The normalized spacial score (nSPS) is 12.2. The molecule has 3 rings (SSSR count). The molecule has 8 heteroatoms. The lowest BCUT2D eigenvalue weighted by molar-refractivity contribution is -0.385. The second-order valence-electron chi connectivity index (χ2n) is 5.86. The first-order valence-electron chi connectivity index (χ1n) is 8.12. The lowest BCUT2D eigenvalue weighted by Gasteiger charge is -2.17. The Bertz CT molecular complexity index is 909. The average Bonchev–Trinajstić information content (AvgIpc) is 3.13. The van der Waals surface area contributed by atoms with Gasteiger partial charge in [0, 0.05) is 25.2 Å². The molecule has 27 heavy (non-hydrogen) atoms. The number of hydrogen-bond acceptors (Lipinski definition) is 6. The van der Waals surface area contributed by atoms with Gasteiger partial charge in [-0.1, -0.05) is 18.2 Å². The number of rotatable bonds is 6. The monoisotopic (exact) mass is 370 g/mol. The topological polar surface area (TPSA) is 91.1 Å². The lowest BCUT2D eigenvalue weighted by atomic mass is 10.1. The standard InChI is InChI=1S/C19H18N2O6/c1-20(11-14-5-3-4-6-16(14)25-2)19(22)8-7-13-9-17-18(27-12-26-17)10-15(13)21(23)24/h3-10H,11-12H2,1-2H3/b8-7+. The highest BCUT2D eigenvalue weighted by molar-refractivity contribution is 5.92. The molecule has 0 radical (unpaired) electrons. The van der Waals surface area contributed by atoms with Crippen LogP contribution in [0.3, 0.4) is 0 Å². The van der Waals surface area contributed by atoms with Crippen molar-refractivity contribution < 1.29 is 23.9 Å². The van der Waals surface area contributed by atoms with Gasteiger partial charge in [0.15, 0.2) is 11.5 Å². The number of nitrogens with zero attached hydrogens (tertiary/aromatic N) is 2. The molecule has 0 saturated carbocycles. The highest BCUT2D eigenvalue weighted by atomic mass is 16.7. The van der Waals surface area contributed by atoms with Gasteiger partial charge < -0.3 is 19.1 Å². The molecule has 1 amide bonds. The van der Waals surface area contributed by atoms with E-state index in [0.717, 1.165) is 5.56 Å². The van der Waals surface area contributed by atoms with Crippen LogP contribution in [0.5, 0.6) is 17.2 Å². The number of nitro groups is 1. The average molecular weight is 370 g/mol. The molecule has 1 heterocycles. The Labute approximate surface area is 155 Å². The second kappa shape index (κ2) is 7.77. The van der Waals surface area contributed by atoms with Gasteiger partial charge >= 0.3 is 0 Å². The number of carbonyl (C=O) groups is 1. The zero-order valence-electron chi connectivity index (χ0n) is 14.9. The molecular formula is C19H18N2O6. The molecule has 140 valence electrons. The van der Waals surface area contributed by atoms with Gasteiger partial charge in [-0.3, -0.25) is 14.9 Å².